The Morgan fingerprint density at radius 1 is 1.23 bits per heavy atom. The molecule has 0 amide bonds. The van der Waals surface area contributed by atoms with E-state index < -0.39 is 10.0 Å². The van der Waals surface area contributed by atoms with Crippen LogP contribution in [-0.2, 0) is 10.0 Å². The van der Waals surface area contributed by atoms with Crippen molar-refractivity contribution in [3.05, 3.63) is 35.5 Å². The van der Waals surface area contributed by atoms with Crippen molar-refractivity contribution < 1.29 is 8.42 Å². The van der Waals surface area contributed by atoms with E-state index >= 15 is 0 Å². The van der Waals surface area contributed by atoms with Gasteiger partial charge in [-0.3, -0.25) is 0 Å². The molecule has 120 valence electrons. The Labute approximate surface area is 132 Å². The van der Waals surface area contributed by atoms with Gasteiger partial charge in [-0.1, -0.05) is 19.9 Å². The highest BCUT2D eigenvalue weighted by molar-refractivity contribution is 7.88. The molecule has 1 aromatic heterocycles. The lowest BCUT2D eigenvalue weighted by Crippen LogP contribution is -2.37. The van der Waals surface area contributed by atoms with E-state index in [1.807, 2.05) is 6.20 Å². The summed E-state index contributed by atoms with van der Waals surface area (Å²) in [7, 11) is -3.06. The van der Waals surface area contributed by atoms with Gasteiger partial charge in [-0.05, 0) is 47.9 Å². The van der Waals surface area contributed by atoms with Crippen LogP contribution in [0.4, 0.5) is 0 Å². The van der Waals surface area contributed by atoms with Crippen molar-refractivity contribution in [2.75, 3.05) is 19.3 Å². The number of piperidine rings is 1. The van der Waals surface area contributed by atoms with Gasteiger partial charge in [0.25, 0.3) is 0 Å². The van der Waals surface area contributed by atoms with Gasteiger partial charge < -0.3 is 4.98 Å². The first-order chi connectivity index (χ1) is 10.4. The molecule has 0 radical (unpaired) electrons. The number of hydrogen-bond acceptors (Lipinski definition) is 2. The largest absolute Gasteiger partial charge is 0.361 e. The minimum atomic E-state index is -3.06. The third-order valence-electron chi connectivity index (χ3n) is 4.75. The van der Waals surface area contributed by atoms with Crippen LogP contribution in [0.15, 0.2) is 24.4 Å². The van der Waals surface area contributed by atoms with Crippen LogP contribution in [-0.4, -0.2) is 37.1 Å². The summed E-state index contributed by atoms with van der Waals surface area (Å²) in [6, 6.07) is 6.69. The molecular formula is C17H24N2O2S. The molecule has 0 spiro atoms. The first kappa shape index (κ1) is 15.6. The molecule has 0 aliphatic carbocycles. The fraction of sp³-hybridized carbons (Fsp3) is 0.529. The second-order valence-electron chi connectivity index (χ2n) is 6.64. The highest BCUT2D eigenvalue weighted by Gasteiger charge is 2.27. The normalized spacial score (nSPS) is 18.4. The number of benzene rings is 1. The Balaban J connectivity index is 1.92. The van der Waals surface area contributed by atoms with Crippen LogP contribution in [0.25, 0.3) is 10.9 Å². The number of hydrogen-bond donors (Lipinski definition) is 1. The van der Waals surface area contributed by atoms with Gasteiger partial charge in [-0.25, -0.2) is 12.7 Å². The van der Waals surface area contributed by atoms with Crippen molar-refractivity contribution in [2.45, 2.75) is 38.5 Å². The highest BCUT2D eigenvalue weighted by atomic mass is 32.2. The van der Waals surface area contributed by atoms with Crippen molar-refractivity contribution in [3.8, 4) is 0 Å². The molecule has 1 aliphatic rings. The van der Waals surface area contributed by atoms with Gasteiger partial charge >= 0.3 is 0 Å². The van der Waals surface area contributed by atoms with Gasteiger partial charge in [0.2, 0.25) is 10.0 Å². The van der Waals surface area contributed by atoms with Crippen molar-refractivity contribution in [3.63, 3.8) is 0 Å². The molecule has 2 aromatic rings. The van der Waals surface area contributed by atoms with E-state index in [0.29, 0.717) is 24.9 Å². The summed E-state index contributed by atoms with van der Waals surface area (Å²) < 4.78 is 24.9. The van der Waals surface area contributed by atoms with Gasteiger partial charge in [0.15, 0.2) is 0 Å². The fourth-order valence-corrected chi connectivity index (χ4v) is 4.26. The van der Waals surface area contributed by atoms with Crippen molar-refractivity contribution in [1.82, 2.24) is 9.29 Å². The molecule has 22 heavy (non-hydrogen) atoms. The van der Waals surface area contributed by atoms with Crippen LogP contribution in [0.1, 0.15) is 49.7 Å². The Hall–Kier alpha value is -1.33. The topological polar surface area (TPSA) is 53.2 Å². The number of H-pyrrole nitrogens is 1. The van der Waals surface area contributed by atoms with Crippen LogP contribution >= 0.6 is 0 Å². The molecule has 1 aromatic carbocycles. The number of aromatic nitrogens is 1. The lowest BCUT2D eigenvalue weighted by Gasteiger charge is -2.31. The maximum atomic E-state index is 11.7. The summed E-state index contributed by atoms with van der Waals surface area (Å²) in [6.07, 6.45) is 5.09. The quantitative estimate of drug-likeness (QED) is 0.942. The van der Waals surface area contributed by atoms with E-state index in [1.165, 1.54) is 28.3 Å². The highest BCUT2D eigenvalue weighted by Crippen LogP contribution is 2.35. The lowest BCUT2D eigenvalue weighted by molar-refractivity contribution is 0.322. The van der Waals surface area contributed by atoms with E-state index in [1.54, 1.807) is 4.31 Å². The smallest absolute Gasteiger partial charge is 0.211 e. The van der Waals surface area contributed by atoms with Gasteiger partial charge in [-0.2, -0.15) is 0 Å². The van der Waals surface area contributed by atoms with E-state index in [9.17, 15) is 8.42 Å². The Morgan fingerprint density at radius 2 is 1.91 bits per heavy atom. The fourth-order valence-electron chi connectivity index (χ4n) is 3.39. The summed E-state index contributed by atoms with van der Waals surface area (Å²) in [5.74, 6) is 0.928. The summed E-state index contributed by atoms with van der Waals surface area (Å²) in [6.45, 7) is 5.67. The molecule has 0 bridgehead atoms. The Morgan fingerprint density at radius 3 is 2.50 bits per heavy atom. The van der Waals surface area contributed by atoms with E-state index in [0.717, 1.165) is 12.8 Å². The van der Waals surface area contributed by atoms with E-state index in [2.05, 4.69) is 37.0 Å². The maximum Gasteiger partial charge on any atom is 0.211 e. The number of rotatable bonds is 3. The van der Waals surface area contributed by atoms with Crippen molar-refractivity contribution in [1.29, 1.82) is 0 Å². The molecule has 1 N–H and O–H groups in total. The zero-order chi connectivity index (χ0) is 15.9. The van der Waals surface area contributed by atoms with Crippen LogP contribution in [0.2, 0.25) is 0 Å². The molecule has 0 unspecified atom stereocenters. The van der Waals surface area contributed by atoms with Crippen LogP contribution < -0.4 is 0 Å². The van der Waals surface area contributed by atoms with Gasteiger partial charge in [-0.15, -0.1) is 0 Å². The second-order valence-corrected chi connectivity index (χ2v) is 8.62. The molecule has 0 atom stereocenters. The Kier molecular flexibility index (Phi) is 4.03. The van der Waals surface area contributed by atoms with Crippen LogP contribution in [0.3, 0.4) is 0 Å². The molecule has 1 saturated heterocycles. The minimum absolute atomic E-state index is 0.440. The van der Waals surface area contributed by atoms with E-state index in [4.69, 9.17) is 0 Å². The number of sulfonamides is 1. The molecule has 0 saturated carbocycles. The van der Waals surface area contributed by atoms with Crippen LogP contribution in [0, 0.1) is 0 Å². The predicted octanol–water partition coefficient (Wildman–Crippen LogP) is 3.43. The SMILES string of the molecule is CC(C)c1cc(C2CCN(S(C)(=O)=O)CC2)c2cc[nH]c2c1. The van der Waals surface area contributed by atoms with E-state index in [-0.39, 0.29) is 0 Å². The van der Waals surface area contributed by atoms with Gasteiger partial charge in [0, 0.05) is 30.2 Å². The first-order valence-electron chi connectivity index (χ1n) is 7.92. The summed E-state index contributed by atoms with van der Waals surface area (Å²) >= 11 is 0. The number of aromatic amines is 1. The van der Waals surface area contributed by atoms with Crippen molar-refractivity contribution >= 4 is 20.9 Å². The summed E-state index contributed by atoms with van der Waals surface area (Å²) in [5.41, 5.74) is 3.90. The van der Waals surface area contributed by atoms with Crippen molar-refractivity contribution in [2.24, 2.45) is 0 Å². The average molecular weight is 320 g/mol. The van der Waals surface area contributed by atoms with Gasteiger partial charge in [0.1, 0.15) is 0 Å². The number of nitrogens with zero attached hydrogens (tertiary/aromatic N) is 1. The molecular weight excluding hydrogens is 296 g/mol. The predicted molar refractivity (Wildman–Crippen MR) is 90.8 cm³/mol. The monoisotopic (exact) mass is 320 g/mol. The maximum absolute atomic E-state index is 11.7. The Bertz CT molecular complexity index is 769. The van der Waals surface area contributed by atoms with Gasteiger partial charge in [0.05, 0.1) is 6.26 Å². The third kappa shape index (κ3) is 2.92. The average Bonchev–Trinajstić information content (AvgIpc) is 2.93. The number of nitrogens with one attached hydrogen (secondary N) is 1. The molecule has 4 nitrogen and oxygen atoms in total. The lowest BCUT2D eigenvalue weighted by atomic mass is 9.85. The molecule has 1 fully saturated rings. The molecule has 2 heterocycles. The minimum Gasteiger partial charge on any atom is -0.361 e. The van der Waals surface area contributed by atoms with Crippen LogP contribution in [0.5, 0.6) is 0 Å². The summed E-state index contributed by atoms with van der Waals surface area (Å²) in [5, 5.41) is 1.28. The molecule has 5 heteroatoms. The summed E-state index contributed by atoms with van der Waals surface area (Å²) in [4.78, 5) is 3.32. The zero-order valence-electron chi connectivity index (χ0n) is 13.5. The molecule has 1 aliphatic heterocycles. The number of fused-ring (bicyclic) bond motifs is 1. The first-order valence-corrected chi connectivity index (χ1v) is 9.77. The second kappa shape index (κ2) is 5.70. The zero-order valence-corrected chi connectivity index (χ0v) is 14.3. The standard InChI is InChI=1S/C17H24N2O2S/c1-12(2)14-10-16(15-4-7-18-17(15)11-14)13-5-8-19(9-6-13)22(3,20)21/h4,7,10-13,18H,5-6,8-9H2,1-3H3. The molecule has 3 rings (SSSR count). The third-order valence-corrected chi connectivity index (χ3v) is 6.06.